The summed E-state index contributed by atoms with van der Waals surface area (Å²) in [5, 5.41) is 12.5. The highest BCUT2D eigenvalue weighted by Gasteiger charge is 2.33. The Morgan fingerprint density at radius 1 is 1.14 bits per heavy atom. The first-order chi connectivity index (χ1) is 20.8. The molecule has 0 aliphatic carbocycles. The third-order valence-electron chi connectivity index (χ3n) is 7.14. The largest absolute Gasteiger partial charge is 0.418 e. The molecule has 3 aromatic rings. The molecule has 240 valence electrons. The minimum absolute atomic E-state index is 0.0260. The molecule has 44 heavy (non-hydrogen) atoms. The van der Waals surface area contributed by atoms with E-state index in [1.807, 2.05) is 4.90 Å². The molecule has 4 rings (SSSR count). The highest BCUT2D eigenvalue weighted by molar-refractivity contribution is 7.91. The van der Waals surface area contributed by atoms with Gasteiger partial charge in [0.25, 0.3) is 11.9 Å². The molecule has 0 radical (unpaired) electrons. The van der Waals surface area contributed by atoms with E-state index in [4.69, 9.17) is 4.42 Å². The Kier molecular flexibility index (Phi) is 10.6. The topological polar surface area (TPSA) is 125 Å². The van der Waals surface area contributed by atoms with Crippen molar-refractivity contribution >= 4 is 21.8 Å². The van der Waals surface area contributed by atoms with Crippen LogP contribution < -0.4 is 10.2 Å². The van der Waals surface area contributed by atoms with Crippen molar-refractivity contribution in [3.8, 4) is 0 Å². The molecule has 2 atom stereocenters. The SMILES string of the molecule is CCS(=O)(=O)c1ccc([C@H](CO)NC(=O)c2cnc(N3CCN(Cc4ccc(C(F)(F)F)cc4)C[C@H]3COC(F)F)o2)cc1. The fourth-order valence-electron chi connectivity index (χ4n) is 4.74. The minimum Gasteiger partial charge on any atom is -0.418 e. The maximum absolute atomic E-state index is 12.9. The fourth-order valence-corrected chi connectivity index (χ4v) is 5.62. The fraction of sp³-hybridized carbons (Fsp3) is 0.429. The molecule has 2 N–H and O–H groups in total. The number of aliphatic hydroxyl groups is 1. The van der Waals surface area contributed by atoms with Crippen LogP contribution in [0.5, 0.6) is 0 Å². The summed E-state index contributed by atoms with van der Waals surface area (Å²) in [6.07, 6.45) is -3.31. The van der Waals surface area contributed by atoms with Crippen molar-refractivity contribution in [2.45, 2.75) is 43.2 Å². The number of aromatic nitrogens is 1. The Hall–Kier alpha value is -3.60. The number of rotatable bonds is 12. The number of nitrogens with zero attached hydrogens (tertiary/aromatic N) is 3. The molecule has 1 amide bonds. The molecule has 16 heteroatoms. The quantitative estimate of drug-likeness (QED) is 0.282. The molecule has 0 saturated carbocycles. The van der Waals surface area contributed by atoms with E-state index in [0.717, 1.165) is 18.3 Å². The maximum Gasteiger partial charge on any atom is 0.416 e. The number of sulfone groups is 1. The third-order valence-corrected chi connectivity index (χ3v) is 8.89. The molecule has 1 aliphatic heterocycles. The predicted octanol–water partition coefficient (Wildman–Crippen LogP) is 3.88. The van der Waals surface area contributed by atoms with Crippen LogP contribution in [0.25, 0.3) is 0 Å². The minimum atomic E-state index is -4.46. The first-order valence-electron chi connectivity index (χ1n) is 13.6. The molecule has 2 aromatic carbocycles. The van der Waals surface area contributed by atoms with E-state index in [1.165, 1.54) is 43.3 Å². The number of carbonyl (C=O) groups is 1. The molecule has 10 nitrogen and oxygen atoms in total. The van der Waals surface area contributed by atoms with Crippen molar-refractivity contribution in [2.24, 2.45) is 0 Å². The van der Waals surface area contributed by atoms with Crippen LogP contribution in [0.1, 0.15) is 40.2 Å². The van der Waals surface area contributed by atoms with Gasteiger partial charge in [0.05, 0.1) is 47.7 Å². The van der Waals surface area contributed by atoms with Gasteiger partial charge in [-0.2, -0.15) is 22.0 Å². The number of amides is 1. The molecule has 1 saturated heterocycles. The van der Waals surface area contributed by atoms with Crippen molar-refractivity contribution in [3.63, 3.8) is 0 Å². The number of benzene rings is 2. The number of aliphatic hydroxyl groups excluding tert-OH is 1. The van der Waals surface area contributed by atoms with Crippen molar-refractivity contribution in [1.82, 2.24) is 15.2 Å². The van der Waals surface area contributed by atoms with Gasteiger partial charge in [-0.25, -0.2) is 13.4 Å². The number of carbonyl (C=O) groups excluding carboxylic acids is 1. The summed E-state index contributed by atoms with van der Waals surface area (Å²) in [7, 11) is -3.43. The Bertz CT molecular complexity index is 1500. The Morgan fingerprint density at radius 3 is 2.41 bits per heavy atom. The molecule has 2 heterocycles. The van der Waals surface area contributed by atoms with Crippen molar-refractivity contribution in [2.75, 3.05) is 43.5 Å². The van der Waals surface area contributed by atoms with Gasteiger partial charge in [-0.3, -0.25) is 9.69 Å². The number of alkyl halides is 5. The molecular formula is C28H31F5N4O6S. The van der Waals surface area contributed by atoms with Crippen LogP contribution in [0, 0.1) is 0 Å². The van der Waals surface area contributed by atoms with Gasteiger partial charge in [0, 0.05) is 26.2 Å². The van der Waals surface area contributed by atoms with Crippen LogP contribution in [-0.4, -0.2) is 80.6 Å². The van der Waals surface area contributed by atoms with Crippen molar-refractivity contribution in [1.29, 1.82) is 0 Å². The van der Waals surface area contributed by atoms with E-state index in [9.17, 15) is 40.3 Å². The van der Waals surface area contributed by atoms with E-state index >= 15 is 0 Å². The first kappa shape index (κ1) is 33.3. The standard InChI is InChI=1S/C28H31F5N4O6S/c1-2-44(40,41)22-9-5-19(6-10-22)23(16-38)35-25(39)24-13-34-27(43-24)37-12-11-36(15-21(37)17-42-26(29)30)14-18-3-7-20(8-4-18)28(31,32)33/h3-10,13,21,23,26,38H,2,11-12,14-17H2,1H3,(H,35,39)/t21-,23-/m0/s1. The second-order valence-electron chi connectivity index (χ2n) is 10.1. The second-order valence-corrected chi connectivity index (χ2v) is 12.3. The van der Waals surface area contributed by atoms with Crippen LogP contribution in [0.2, 0.25) is 0 Å². The van der Waals surface area contributed by atoms with E-state index < -0.39 is 59.4 Å². The predicted molar refractivity (Wildman–Crippen MR) is 148 cm³/mol. The summed E-state index contributed by atoms with van der Waals surface area (Å²) in [5.74, 6) is -1.03. The van der Waals surface area contributed by atoms with Crippen LogP contribution >= 0.6 is 0 Å². The van der Waals surface area contributed by atoms with Gasteiger partial charge in [-0.05, 0) is 35.4 Å². The molecule has 0 unspecified atom stereocenters. The molecule has 1 aliphatic rings. The van der Waals surface area contributed by atoms with Gasteiger partial charge < -0.3 is 24.5 Å². The number of oxazole rings is 1. The monoisotopic (exact) mass is 646 g/mol. The number of ether oxygens (including phenoxy) is 1. The highest BCUT2D eigenvalue weighted by Crippen LogP contribution is 2.30. The summed E-state index contributed by atoms with van der Waals surface area (Å²) < 4.78 is 98.8. The van der Waals surface area contributed by atoms with Crippen LogP contribution in [0.15, 0.2) is 64.0 Å². The normalized spacial score (nSPS) is 17.2. The summed E-state index contributed by atoms with van der Waals surface area (Å²) >= 11 is 0. The van der Waals surface area contributed by atoms with Gasteiger partial charge in [0.1, 0.15) is 0 Å². The summed E-state index contributed by atoms with van der Waals surface area (Å²) in [5.41, 5.74) is 0.280. The molecule has 0 spiro atoms. The molecular weight excluding hydrogens is 615 g/mol. The number of piperazine rings is 1. The van der Waals surface area contributed by atoms with Gasteiger partial charge in [-0.15, -0.1) is 0 Å². The lowest BCUT2D eigenvalue weighted by Gasteiger charge is -2.40. The Morgan fingerprint density at radius 2 is 1.82 bits per heavy atom. The van der Waals surface area contributed by atoms with Gasteiger partial charge >= 0.3 is 12.8 Å². The lowest BCUT2D eigenvalue weighted by Crippen LogP contribution is -2.55. The molecule has 1 aromatic heterocycles. The number of nitrogens with one attached hydrogen (secondary N) is 1. The second kappa shape index (κ2) is 14.0. The zero-order valence-electron chi connectivity index (χ0n) is 23.5. The van der Waals surface area contributed by atoms with Crippen molar-refractivity contribution < 1.29 is 49.4 Å². The van der Waals surface area contributed by atoms with E-state index in [-0.39, 0.29) is 42.1 Å². The van der Waals surface area contributed by atoms with E-state index in [1.54, 1.807) is 4.90 Å². The van der Waals surface area contributed by atoms with Gasteiger partial charge in [-0.1, -0.05) is 31.2 Å². The van der Waals surface area contributed by atoms with Crippen LogP contribution in [0.3, 0.4) is 0 Å². The van der Waals surface area contributed by atoms with Gasteiger partial charge in [0.15, 0.2) is 9.84 Å². The molecule has 0 bridgehead atoms. The summed E-state index contributed by atoms with van der Waals surface area (Å²) in [4.78, 5) is 20.6. The maximum atomic E-state index is 12.9. The third kappa shape index (κ3) is 8.31. The highest BCUT2D eigenvalue weighted by atomic mass is 32.2. The van der Waals surface area contributed by atoms with E-state index in [2.05, 4.69) is 15.0 Å². The number of hydrogen-bond acceptors (Lipinski definition) is 9. The number of hydrogen-bond donors (Lipinski definition) is 2. The van der Waals surface area contributed by atoms with E-state index in [0.29, 0.717) is 17.7 Å². The average Bonchev–Trinajstić information content (AvgIpc) is 3.49. The average molecular weight is 647 g/mol. The van der Waals surface area contributed by atoms with Gasteiger partial charge in [0.2, 0.25) is 5.76 Å². The lowest BCUT2D eigenvalue weighted by molar-refractivity contribution is -0.137. The molecule has 1 fully saturated rings. The summed E-state index contributed by atoms with van der Waals surface area (Å²) in [6, 6.07) is 8.80. The number of halogens is 5. The smallest absolute Gasteiger partial charge is 0.416 e. The lowest BCUT2D eigenvalue weighted by atomic mass is 10.1. The summed E-state index contributed by atoms with van der Waals surface area (Å²) in [6.45, 7) is -1.37. The van der Waals surface area contributed by atoms with Crippen molar-refractivity contribution in [3.05, 3.63) is 77.2 Å². The zero-order valence-corrected chi connectivity index (χ0v) is 24.3. The zero-order chi connectivity index (χ0) is 32.1. The van der Waals surface area contributed by atoms with Crippen LogP contribution in [0.4, 0.5) is 28.0 Å². The Balaban J connectivity index is 1.43. The Labute approximate surface area is 250 Å². The first-order valence-corrected chi connectivity index (χ1v) is 15.2. The number of anilines is 1. The van der Waals surface area contributed by atoms with Crippen LogP contribution in [-0.2, 0) is 27.3 Å².